The summed E-state index contributed by atoms with van der Waals surface area (Å²) in [6.07, 6.45) is 2.92. The van der Waals surface area contributed by atoms with E-state index >= 15 is 0 Å². The second-order valence-corrected chi connectivity index (χ2v) is 8.03. The van der Waals surface area contributed by atoms with Crippen molar-refractivity contribution >= 4 is 21.5 Å². The van der Waals surface area contributed by atoms with E-state index < -0.39 is 6.10 Å². The van der Waals surface area contributed by atoms with E-state index in [-0.39, 0.29) is 6.04 Å². The van der Waals surface area contributed by atoms with Crippen LogP contribution in [0, 0.1) is 0 Å². The minimum absolute atomic E-state index is 0.194. The van der Waals surface area contributed by atoms with Gasteiger partial charge < -0.3 is 19.3 Å². The Morgan fingerprint density at radius 2 is 1.59 bits per heavy atom. The summed E-state index contributed by atoms with van der Waals surface area (Å²) in [4.78, 5) is 2.45. The van der Waals surface area contributed by atoms with E-state index in [1.54, 1.807) is 21.3 Å². The molecule has 152 valence electrons. The molecule has 3 aromatic rings. The van der Waals surface area contributed by atoms with Gasteiger partial charge in [0.2, 0.25) is 0 Å². The molecule has 5 nitrogen and oxygen atoms in total. The largest absolute Gasteiger partial charge is 0.497 e. The van der Waals surface area contributed by atoms with Crippen molar-refractivity contribution in [3.8, 4) is 17.2 Å². The summed E-state index contributed by atoms with van der Waals surface area (Å²) in [5.41, 5.74) is 2.26. The Bertz CT molecular complexity index is 1090. The van der Waals surface area contributed by atoms with Gasteiger partial charge in [0.25, 0.3) is 0 Å². The van der Waals surface area contributed by atoms with E-state index in [2.05, 4.69) is 23.1 Å². The molecule has 0 spiro atoms. The van der Waals surface area contributed by atoms with Crippen LogP contribution in [0.1, 0.15) is 36.5 Å². The zero-order valence-electron chi connectivity index (χ0n) is 17.2. The van der Waals surface area contributed by atoms with Crippen molar-refractivity contribution in [3.63, 3.8) is 0 Å². The third kappa shape index (κ3) is 2.75. The van der Waals surface area contributed by atoms with Gasteiger partial charge in [0, 0.05) is 12.6 Å². The van der Waals surface area contributed by atoms with Crippen LogP contribution in [-0.2, 0) is 6.54 Å². The molecule has 1 N–H and O–H groups in total. The molecule has 2 aliphatic rings. The molecule has 5 heteroatoms. The van der Waals surface area contributed by atoms with Crippen LogP contribution in [0.4, 0.5) is 0 Å². The monoisotopic (exact) mass is 393 g/mol. The van der Waals surface area contributed by atoms with Gasteiger partial charge in [-0.25, -0.2) is 0 Å². The summed E-state index contributed by atoms with van der Waals surface area (Å²) >= 11 is 0. The lowest BCUT2D eigenvalue weighted by Gasteiger charge is -2.44. The molecule has 2 atom stereocenters. The highest BCUT2D eigenvalue weighted by atomic mass is 16.5. The van der Waals surface area contributed by atoms with E-state index in [0.29, 0.717) is 11.5 Å². The summed E-state index contributed by atoms with van der Waals surface area (Å²) in [6, 6.07) is 10.4. The fourth-order valence-electron chi connectivity index (χ4n) is 5.24. The third-order valence-electron chi connectivity index (χ3n) is 6.67. The average molecular weight is 393 g/mol. The second-order valence-electron chi connectivity index (χ2n) is 8.03. The summed E-state index contributed by atoms with van der Waals surface area (Å²) < 4.78 is 16.7. The number of piperidine rings is 1. The van der Waals surface area contributed by atoms with E-state index in [1.165, 1.54) is 18.4 Å². The smallest absolute Gasteiger partial charge is 0.161 e. The van der Waals surface area contributed by atoms with Gasteiger partial charge in [0.15, 0.2) is 11.5 Å². The van der Waals surface area contributed by atoms with Gasteiger partial charge in [0.1, 0.15) is 5.75 Å². The molecule has 29 heavy (non-hydrogen) atoms. The van der Waals surface area contributed by atoms with Gasteiger partial charge in [0.05, 0.1) is 27.4 Å². The van der Waals surface area contributed by atoms with Gasteiger partial charge >= 0.3 is 0 Å². The predicted molar refractivity (Wildman–Crippen MR) is 114 cm³/mol. The number of ether oxygens (including phenoxy) is 3. The standard InChI is InChI=1S/C24H27NO4/c1-27-14-7-8-15-16(10-14)17-11-21(28-2)22(29-3)12-18(17)19-13-25-9-5-4-6-20(25)24(26)23(15)19/h7-8,10-12,20,24,26H,4-6,9,13H2,1-3H3/t20-,24-/m1/s1. The van der Waals surface area contributed by atoms with Crippen LogP contribution < -0.4 is 14.2 Å². The first-order valence-corrected chi connectivity index (χ1v) is 10.3. The third-order valence-corrected chi connectivity index (χ3v) is 6.67. The molecule has 0 unspecified atom stereocenters. The zero-order chi connectivity index (χ0) is 20.1. The van der Waals surface area contributed by atoms with Crippen molar-refractivity contribution < 1.29 is 19.3 Å². The molecule has 0 aromatic heterocycles. The van der Waals surface area contributed by atoms with Gasteiger partial charge in [-0.15, -0.1) is 0 Å². The lowest BCUT2D eigenvalue weighted by molar-refractivity contribution is 0.00754. The highest BCUT2D eigenvalue weighted by Crippen LogP contribution is 2.47. The van der Waals surface area contributed by atoms with Crippen LogP contribution in [0.15, 0.2) is 30.3 Å². The van der Waals surface area contributed by atoms with Crippen LogP contribution >= 0.6 is 0 Å². The second kappa shape index (κ2) is 7.08. The Balaban J connectivity index is 1.89. The zero-order valence-corrected chi connectivity index (χ0v) is 17.2. The summed E-state index contributed by atoms with van der Waals surface area (Å²) in [5, 5.41) is 15.8. The first kappa shape index (κ1) is 18.5. The molecule has 1 saturated heterocycles. The van der Waals surface area contributed by atoms with Crippen LogP contribution in [0.2, 0.25) is 0 Å². The average Bonchev–Trinajstić information content (AvgIpc) is 2.77. The van der Waals surface area contributed by atoms with Crippen LogP contribution in [-0.4, -0.2) is 43.9 Å². The number of hydrogen-bond acceptors (Lipinski definition) is 5. The van der Waals surface area contributed by atoms with Gasteiger partial charge in [-0.1, -0.05) is 12.5 Å². The van der Waals surface area contributed by atoms with E-state index in [0.717, 1.165) is 52.4 Å². The summed E-state index contributed by atoms with van der Waals surface area (Å²) in [6.45, 7) is 1.89. The number of rotatable bonds is 3. The Morgan fingerprint density at radius 3 is 2.31 bits per heavy atom. The number of aliphatic hydroxyl groups is 1. The molecule has 0 aliphatic carbocycles. The van der Waals surface area contributed by atoms with Crippen LogP contribution in [0.5, 0.6) is 17.2 Å². The molecule has 3 aromatic carbocycles. The molecule has 0 radical (unpaired) electrons. The number of fused-ring (bicyclic) bond motifs is 7. The maximum atomic E-state index is 11.4. The number of benzene rings is 3. The van der Waals surface area contributed by atoms with Crippen LogP contribution in [0.3, 0.4) is 0 Å². The lowest BCUT2D eigenvalue weighted by Crippen LogP contribution is -2.46. The normalized spacial score (nSPS) is 21.7. The fourth-order valence-corrected chi connectivity index (χ4v) is 5.24. The minimum Gasteiger partial charge on any atom is -0.497 e. The molecular weight excluding hydrogens is 366 g/mol. The molecular formula is C24H27NO4. The highest BCUT2D eigenvalue weighted by molar-refractivity contribution is 6.12. The lowest BCUT2D eigenvalue weighted by atomic mass is 9.80. The Kier molecular flexibility index (Phi) is 4.52. The maximum Gasteiger partial charge on any atom is 0.161 e. The molecule has 0 saturated carbocycles. The Labute approximate surface area is 170 Å². The highest BCUT2D eigenvalue weighted by Gasteiger charge is 2.37. The van der Waals surface area contributed by atoms with Crippen molar-refractivity contribution in [1.29, 1.82) is 0 Å². The Morgan fingerprint density at radius 1 is 0.862 bits per heavy atom. The van der Waals surface area contributed by atoms with Crippen molar-refractivity contribution in [2.45, 2.75) is 38.0 Å². The van der Waals surface area contributed by atoms with Crippen molar-refractivity contribution in [1.82, 2.24) is 4.90 Å². The topological polar surface area (TPSA) is 51.2 Å². The molecule has 0 bridgehead atoms. The van der Waals surface area contributed by atoms with Gasteiger partial charge in [-0.3, -0.25) is 4.90 Å². The first-order valence-electron chi connectivity index (χ1n) is 10.3. The number of hydrogen-bond donors (Lipinski definition) is 1. The molecule has 5 rings (SSSR count). The molecule has 2 aliphatic heterocycles. The SMILES string of the molecule is COc1ccc2c3c(c4cc(OC)c(OC)cc4c2c1)CN1CCCC[C@@H]1[C@H]3O. The van der Waals surface area contributed by atoms with E-state index in [1.807, 2.05) is 12.1 Å². The van der Waals surface area contributed by atoms with E-state index in [9.17, 15) is 5.11 Å². The predicted octanol–water partition coefficient (Wildman–Crippen LogP) is 4.42. The number of methoxy groups -OCH3 is 3. The van der Waals surface area contributed by atoms with E-state index in [4.69, 9.17) is 14.2 Å². The van der Waals surface area contributed by atoms with Crippen LogP contribution in [0.25, 0.3) is 21.5 Å². The van der Waals surface area contributed by atoms with Crippen molar-refractivity contribution in [2.24, 2.45) is 0 Å². The molecule has 2 heterocycles. The first-order chi connectivity index (χ1) is 14.2. The Hall–Kier alpha value is -2.50. The van der Waals surface area contributed by atoms with Crippen molar-refractivity contribution in [3.05, 3.63) is 41.5 Å². The fraction of sp³-hybridized carbons (Fsp3) is 0.417. The number of nitrogens with zero attached hydrogens (tertiary/aromatic N) is 1. The summed E-state index contributed by atoms with van der Waals surface area (Å²) in [5.74, 6) is 2.22. The van der Waals surface area contributed by atoms with Gasteiger partial charge in [-0.2, -0.15) is 0 Å². The molecule has 0 amide bonds. The number of aliphatic hydroxyl groups excluding tert-OH is 1. The summed E-state index contributed by atoms with van der Waals surface area (Å²) in [7, 11) is 5.00. The maximum absolute atomic E-state index is 11.4. The quantitative estimate of drug-likeness (QED) is 0.668. The van der Waals surface area contributed by atoms with Crippen molar-refractivity contribution in [2.75, 3.05) is 27.9 Å². The van der Waals surface area contributed by atoms with Gasteiger partial charge in [-0.05, 0) is 76.3 Å². The molecule has 1 fully saturated rings. The minimum atomic E-state index is -0.493.